The van der Waals surface area contributed by atoms with Crippen LogP contribution in [0.25, 0.3) is 6.08 Å². The molecule has 2 rings (SSSR count). The van der Waals surface area contributed by atoms with Crippen molar-refractivity contribution in [2.24, 2.45) is 5.92 Å². The van der Waals surface area contributed by atoms with Gasteiger partial charge >= 0.3 is 5.97 Å². The zero-order valence-electron chi connectivity index (χ0n) is 14.1. The van der Waals surface area contributed by atoms with Gasteiger partial charge < -0.3 is 4.74 Å². The van der Waals surface area contributed by atoms with Gasteiger partial charge in [0.2, 0.25) is 0 Å². The smallest absolute Gasteiger partial charge is 0.343 e. The lowest BCUT2D eigenvalue weighted by atomic mass is 9.99. The molecule has 0 aromatic heterocycles. The molecular weight excluding hydrogens is 284 g/mol. The Balaban J connectivity index is 2.05. The first-order chi connectivity index (χ1) is 11.0. The second kappa shape index (κ2) is 7.77. The second-order valence-electron chi connectivity index (χ2n) is 6.03. The first kappa shape index (κ1) is 17.0. The van der Waals surface area contributed by atoms with Gasteiger partial charge in [-0.15, -0.1) is 0 Å². The molecule has 2 heteroatoms. The number of carbonyl (C=O) groups excluding carboxylic acids is 1. The number of hydrogen-bond acceptors (Lipinski definition) is 2. The first-order valence-corrected chi connectivity index (χ1v) is 8.07. The van der Waals surface area contributed by atoms with Crippen molar-refractivity contribution in [2.75, 3.05) is 0 Å². The summed E-state index contributed by atoms with van der Waals surface area (Å²) in [4.78, 5) is 12.2. The highest BCUT2D eigenvalue weighted by Gasteiger charge is 2.10. The Morgan fingerprint density at radius 2 is 1.91 bits per heavy atom. The van der Waals surface area contributed by atoms with Crippen LogP contribution in [-0.2, 0) is 6.42 Å². The fourth-order valence-electron chi connectivity index (χ4n) is 2.44. The SMILES string of the molecule is C=Cc1ccc(C(=O)Oc2ccc(CC(C)CC)cc2)cc1C. The minimum absolute atomic E-state index is 0.335. The molecule has 2 nitrogen and oxygen atoms in total. The molecule has 2 aromatic rings. The van der Waals surface area contributed by atoms with Gasteiger partial charge in [0.1, 0.15) is 5.75 Å². The van der Waals surface area contributed by atoms with Crippen molar-refractivity contribution >= 4 is 12.0 Å². The second-order valence-corrected chi connectivity index (χ2v) is 6.03. The summed E-state index contributed by atoms with van der Waals surface area (Å²) in [6.07, 6.45) is 3.99. The quantitative estimate of drug-likeness (QED) is 0.524. The van der Waals surface area contributed by atoms with Crippen LogP contribution in [0.2, 0.25) is 0 Å². The van der Waals surface area contributed by atoms with E-state index in [1.165, 1.54) is 5.56 Å². The molecule has 0 spiro atoms. The molecule has 23 heavy (non-hydrogen) atoms. The Labute approximate surface area is 138 Å². The van der Waals surface area contributed by atoms with Gasteiger partial charge in [0, 0.05) is 0 Å². The Kier molecular flexibility index (Phi) is 5.75. The van der Waals surface area contributed by atoms with Gasteiger partial charge in [0.05, 0.1) is 5.56 Å². The fraction of sp³-hybridized carbons (Fsp3) is 0.286. The molecule has 0 saturated heterocycles. The lowest BCUT2D eigenvalue weighted by molar-refractivity contribution is 0.0734. The summed E-state index contributed by atoms with van der Waals surface area (Å²) in [7, 11) is 0. The number of benzene rings is 2. The maximum Gasteiger partial charge on any atom is 0.343 e. The van der Waals surface area contributed by atoms with Crippen molar-refractivity contribution in [1.82, 2.24) is 0 Å². The first-order valence-electron chi connectivity index (χ1n) is 8.07. The standard InChI is InChI=1S/C21H24O2/c1-5-15(3)13-17-7-11-20(12-8-17)23-21(22)19-10-9-18(6-2)16(4)14-19/h6-12,14-15H,2,5,13H2,1,3-4H3. The molecule has 0 fully saturated rings. The van der Waals surface area contributed by atoms with E-state index >= 15 is 0 Å². The van der Waals surface area contributed by atoms with Crippen LogP contribution in [0.15, 0.2) is 49.0 Å². The van der Waals surface area contributed by atoms with Gasteiger partial charge in [-0.2, -0.15) is 0 Å². The van der Waals surface area contributed by atoms with E-state index in [1.54, 1.807) is 12.1 Å². The fourth-order valence-corrected chi connectivity index (χ4v) is 2.44. The van der Waals surface area contributed by atoms with E-state index in [4.69, 9.17) is 4.74 Å². The van der Waals surface area contributed by atoms with Crippen molar-refractivity contribution in [1.29, 1.82) is 0 Å². The molecule has 0 radical (unpaired) electrons. The highest BCUT2D eigenvalue weighted by Crippen LogP contribution is 2.19. The molecule has 0 bridgehead atoms. The minimum atomic E-state index is -0.335. The molecule has 1 atom stereocenters. The Morgan fingerprint density at radius 3 is 2.48 bits per heavy atom. The van der Waals surface area contributed by atoms with Crippen LogP contribution in [0.4, 0.5) is 0 Å². The number of ether oxygens (including phenoxy) is 1. The van der Waals surface area contributed by atoms with E-state index in [0.29, 0.717) is 17.2 Å². The van der Waals surface area contributed by atoms with Crippen LogP contribution in [-0.4, -0.2) is 5.97 Å². The Morgan fingerprint density at radius 1 is 1.22 bits per heavy atom. The van der Waals surface area contributed by atoms with Crippen molar-refractivity contribution in [3.05, 3.63) is 71.3 Å². The molecule has 2 aromatic carbocycles. The molecule has 0 aliphatic carbocycles. The van der Waals surface area contributed by atoms with Gasteiger partial charge in [0.15, 0.2) is 0 Å². The van der Waals surface area contributed by atoms with Crippen LogP contribution in [0.1, 0.15) is 47.3 Å². The van der Waals surface area contributed by atoms with E-state index in [0.717, 1.165) is 24.0 Å². The van der Waals surface area contributed by atoms with Crippen LogP contribution in [0.5, 0.6) is 5.75 Å². The van der Waals surface area contributed by atoms with Gasteiger partial charge in [-0.3, -0.25) is 0 Å². The number of hydrogen-bond donors (Lipinski definition) is 0. The topological polar surface area (TPSA) is 26.3 Å². The van der Waals surface area contributed by atoms with E-state index in [1.807, 2.05) is 43.3 Å². The zero-order chi connectivity index (χ0) is 16.8. The molecular formula is C21H24O2. The van der Waals surface area contributed by atoms with Gasteiger partial charge in [-0.1, -0.05) is 51.1 Å². The number of aryl methyl sites for hydroxylation is 1. The number of rotatable bonds is 6. The summed E-state index contributed by atoms with van der Waals surface area (Å²) in [5.74, 6) is 0.904. The normalized spacial score (nSPS) is 11.8. The van der Waals surface area contributed by atoms with Crippen LogP contribution in [0.3, 0.4) is 0 Å². The van der Waals surface area contributed by atoms with Crippen LogP contribution < -0.4 is 4.74 Å². The minimum Gasteiger partial charge on any atom is -0.423 e. The number of esters is 1. The van der Waals surface area contributed by atoms with Gasteiger partial charge in [0.25, 0.3) is 0 Å². The summed E-state index contributed by atoms with van der Waals surface area (Å²) < 4.78 is 5.45. The van der Waals surface area contributed by atoms with E-state index in [2.05, 4.69) is 20.4 Å². The Hall–Kier alpha value is -2.35. The highest BCUT2D eigenvalue weighted by molar-refractivity contribution is 5.91. The largest absolute Gasteiger partial charge is 0.423 e. The van der Waals surface area contributed by atoms with Crippen molar-refractivity contribution in [2.45, 2.75) is 33.6 Å². The van der Waals surface area contributed by atoms with Crippen LogP contribution in [0, 0.1) is 12.8 Å². The van der Waals surface area contributed by atoms with Gasteiger partial charge in [-0.25, -0.2) is 4.79 Å². The summed E-state index contributed by atoms with van der Waals surface area (Å²) in [5.41, 5.74) is 3.86. The average molecular weight is 308 g/mol. The summed E-state index contributed by atoms with van der Waals surface area (Å²) in [6, 6.07) is 13.3. The van der Waals surface area contributed by atoms with E-state index in [9.17, 15) is 4.79 Å². The van der Waals surface area contributed by atoms with Crippen molar-refractivity contribution in [3.63, 3.8) is 0 Å². The summed E-state index contributed by atoms with van der Waals surface area (Å²) in [5, 5.41) is 0. The highest BCUT2D eigenvalue weighted by atomic mass is 16.5. The lowest BCUT2D eigenvalue weighted by Crippen LogP contribution is -2.09. The summed E-state index contributed by atoms with van der Waals surface area (Å²) >= 11 is 0. The predicted molar refractivity (Wildman–Crippen MR) is 95.8 cm³/mol. The van der Waals surface area contributed by atoms with E-state index in [-0.39, 0.29) is 5.97 Å². The van der Waals surface area contributed by atoms with Crippen molar-refractivity contribution < 1.29 is 9.53 Å². The monoisotopic (exact) mass is 308 g/mol. The third-order valence-corrected chi connectivity index (χ3v) is 4.14. The Bertz CT molecular complexity index is 683. The molecule has 0 amide bonds. The molecule has 1 unspecified atom stereocenters. The molecule has 0 saturated carbocycles. The third-order valence-electron chi connectivity index (χ3n) is 4.14. The zero-order valence-corrected chi connectivity index (χ0v) is 14.1. The maximum atomic E-state index is 12.2. The molecule has 120 valence electrons. The average Bonchev–Trinajstić information content (AvgIpc) is 2.56. The summed E-state index contributed by atoms with van der Waals surface area (Å²) in [6.45, 7) is 10.1. The van der Waals surface area contributed by atoms with E-state index < -0.39 is 0 Å². The van der Waals surface area contributed by atoms with Crippen molar-refractivity contribution in [3.8, 4) is 5.75 Å². The van der Waals surface area contributed by atoms with Crippen LogP contribution >= 0.6 is 0 Å². The number of carbonyl (C=O) groups is 1. The third kappa shape index (κ3) is 4.56. The molecule has 0 aliphatic rings. The van der Waals surface area contributed by atoms with Gasteiger partial charge in [-0.05, 0) is 60.2 Å². The maximum absolute atomic E-state index is 12.2. The molecule has 0 N–H and O–H groups in total. The lowest BCUT2D eigenvalue weighted by Gasteiger charge is -2.10. The molecule has 0 heterocycles. The molecule has 0 aliphatic heterocycles. The predicted octanol–water partition coefficient (Wildman–Crippen LogP) is 5.45.